The Morgan fingerprint density at radius 2 is 2.18 bits per heavy atom. The molecular formula is C11H15ClN4O. The fourth-order valence-electron chi connectivity index (χ4n) is 1.78. The number of amides is 1. The molecule has 1 aromatic heterocycles. The number of carbonyl (C=O) groups excluding carboxylic acids is 1. The van der Waals surface area contributed by atoms with E-state index in [1.807, 2.05) is 6.92 Å². The van der Waals surface area contributed by atoms with Crippen LogP contribution in [0.3, 0.4) is 0 Å². The Hall–Kier alpha value is -1.36. The van der Waals surface area contributed by atoms with Crippen LogP contribution >= 0.6 is 11.6 Å². The third-order valence-corrected chi connectivity index (χ3v) is 3.17. The van der Waals surface area contributed by atoms with Gasteiger partial charge in [-0.25, -0.2) is 9.97 Å². The second-order valence-electron chi connectivity index (χ2n) is 4.22. The largest absolute Gasteiger partial charge is 0.365 e. The normalized spacial score (nSPS) is 19.9. The Kier molecular flexibility index (Phi) is 3.47. The Morgan fingerprint density at radius 1 is 1.41 bits per heavy atom. The number of rotatable bonds is 2. The number of carbonyl (C=O) groups is 1. The van der Waals surface area contributed by atoms with Gasteiger partial charge < -0.3 is 10.6 Å². The maximum absolute atomic E-state index is 11.1. The number of halogens is 1. The zero-order chi connectivity index (χ0) is 12.4. The number of hydrogen-bond donors (Lipinski definition) is 2. The third-order valence-electron chi connectivity index (χ3n) is 2.80. The summed E-state index contributed by atoms with van der Waals surface area (Å²) in [6.07, 6.45) is 1.36. The lowest BCUT2D eigenvalue weighted by atomic mass is 10.1. The van der Waals surface area contributed by atoms with Crippen molar-refractivity contribution in [3.05, 3.63) is 16.5 Å². The fourth-order valence-corrected chi connectivity index (χ4v) is 2.00. The van der Waals surface area contributed by atoms with Crippen LogP contribution in [0.25, 0.3) is 0 Å². The van der Waals surface area contributed by atoms with Crippen LogP contribution in [0.15, 0.2) is 0 Å². The summed E-state index contributed by atoms with van der Waals surface area (Å²) in [5, 5.41) is 6.60. The van der Waals surface area contributed by atoms with Crippen molar-refractivity contribution in [2.45, 2.75) is 32.7 Å². The minimum atomic E-state index is 0.108. The summed E-state index contributed by atoms with van der Waals surface area (Å²) >= 11 is 6.00. The average Bonchev–Trinajstić information content (AvgIpc) is 2.28. The van der Waals surface area contributed by atoms with Gasteiger partial charge in [-0.3, -0.25) is 4.79 Å². The van der Waals surface area contributed by atoms with Crippen LogP contribution in [-0.4, -0.2) is 28.5 Å². The first-order valence-corrected chi connectivity index (χ1v) is 5.98. The van der Waals surface area contributed by atoms with Crippen molar-refractivity contribution in [3.63, 3.8) is 0 Å². The van der Waals surface area contributed by atoms with E-state index in [1.165, 1.54) is 0 Å². The van der Waals surface area contributed by atoms with Crippen LogP contribution in [0.2, 0.25) is 5.15 Å². The average molecular weight is 255 g/mol. The molecule has 1 amide bonds. The van der Waals surface area contributed by atoms with Crippen LogP contribution in [0.4, 0.5) is 5.82 Å². The molecule has 0 aromatic carbocycles. The second-order valence-corrected chi connectivity index (χ2v) is 4.58. The summed E-state index contributed by atoms with van der Waals surface area (Å²) in [5.74, 6) is 1.50. The van der Waals surface area contributed by atoms with E-state index >= 15 is 0 Å². The van der Waals surface area contributed by atoms with E-state index in [0.29, 0.717) is 23.9 Å². The van der Waals surface area contributed by atoms with Crippen LogP contribution in [0.5, 0.6) is 0 Å². The van der Waals surface area contributed by atoms with Crippen molar-refractivity contribution < 1.29 is 4.79 Å². The van der Waals surface area contributed by atoms with E-state index in [0.717, 1.165) is 17.8 Å². The monoisotopic (exact) mass is 254 g/mol. The highest BCUT2D eigenvalue weighted by atomic mass is 35.5. The first-order chi connectivity index (χ1) is 8.06. The highest BCUT2D eigenvalue weighted by Gasteiger charge is 2.19. The van der Waals surface area contributed by atoms with Gasteiger partial charge in [0.05, 0.1) is 0 Å². The Balaban J connectivity index is 2.10. The van der Waals surface area contributed by atoms with E-state index in [2.05, 4.69) is 20.6 Å². The zero-order valence-corrected chi connectivity index (χ0v) is 10.6. The van der Waals surface area contributed by atoms with Crippen molar-refractivity contribution in [2.24, 2.45) is 0 Å². The lowest BCUT2D eigenvalue weighted by Gasteiger charge is -2.24. The predicted molar refractivity (Wildman–Crippen MR) is 66.2 cm³/mol. The fraction of sp³-hybridized carbons (Fsp3) is 0.545. The van der Waals surface area contributed by atoms with E-state index in [9.17, 15) is 4.79 Å². The van der Waals surface area contributed by atoms with E-state index in [-0.39, 0.29) is 11.9 Å². The standard InChI is InChI=1S/C11H15ClN4O/c1-6-10(12)14-7(2)15-11(6)16-8-3-4-9(17)13-5-8/h8H,3-5H2,1-2H3,(H,13,17)(H,14,15,16). The van der Waals surface area contributed by atoms with Gasteiger partial charge in [-0.2, -0.15) is 0 Å². The van der Waals surface area contributed by atoms with Crippen LogP contribution in [0.1, 0.15) is 24.2 Å². The van der Waals surface area contributed by atoms with Crippen molar-refractivity contribution in [1.29, 1.82) is 0 Å². The summed E-state index contributed by atoms with van der Waals surface area (Å²) in [4.78, 5) is 19.5. The second kappa shape index (κ2) is 4.87. The molecule has 1 aliphatic rings. The molecule has 5 nitrogen and oxygen atoms in total. The van der Waals surface area contributed by atoms with Gasteiger partial charge in [-0.1, -0.05) is 11.6 Å². The minimum Gasteiger partial charge on any atom is -0.365 e. The minimum absolute atomic E-state index is 0.108. The Bertz CT molecular complexity index is 439. The third kappa shape index (κ3) is 2.85. The van der Waals surface area contributed by atoms with Gasteiger partial charge in [-0.15, -0.1) is 0 Å². The van der Waals surface area contributed by atoms with E-state index in [4.69, 9.17) is 11.6 Å². The summed E-state index contributed by atoms with van der Waals surface area (Å²) in [6, 6.07) is 0.205. The van der Waals surface area contributed by atoms with Crippen molar-refractivity contribution >= 4 is 23.3 Å². The molecule has 0 radical (unpaired) electrons. The predicted octanol–water partition coefficient (Wildman–Crippen LogP) is 1.44. The molecule has 1 aromatic rings. The molecule has 0 saturated carbocycles. The molecule has 0 spiro atoms. The van der Waals surface area contributed by atoms with E-state index in [1.54, 1.807) is 6.92 Å². The topological polar surface area (TPSA) is 66.9 Å². The number of anilines is 1. The van der Waals surface area contributed by atoms with Gasteiger partial charge in [0.15, 0.2) is 0 Å². The smallest absolute Gasteiger partial charge is 0.220 e. The number of nitrogens with one attached hydrogen (secondary N) is 2. The molecule has 92 valence electrons. The molecule has 1 aliphatic heterocycles. The zero-order valence-electron chi connectivity index (χ0n) is 9.88. The first-order valence-electron chi connectivity index (χ1n) is 5.60. The summed E-state index contributed by atoms with van der Waals surface area (Å²) < 4.78 is 0. The number of aromatic nitrogens is 2. The lowest BCUT2D eigenvalue weighted by molar-refractivity contribution is -0.122. The molecule has 0 aliphatic carbocycles. The van der Waals surface area contributed by atoms with Gasteiger partial charge in [0.1, 0.15) is 16.8 Å². The first kappa shape index (κ1) is 12.1. The summed E-state index contributed by atoms with van der Waals surface area (Å²) in [7, 11) is 0. The molecule has 1 unspecified atom stereocenters. The van der Waals surface area contributed by atoms with E-state index < -0.39 is 0 Å². The SMILES string of the molecule is Cc1nc(Cl)c(C)c(NC2CCC(=O)NC2)n1. The van der Waals surface area contributed by atoms with Gasteiger partial charge in [0.2, 0.25) is 5.91 Å². The highest BCUT2D eigenvalue weighted by molar-refractivity contribution is 6.30. The van der Waals surface area contributed by atoms with Crippen molar-refractivity contribution in [3.8, 4) is 0 Å². The molecule has 0 bridgehead atoms. The maximum Gasteiger partial charge on any atom is 0.220 e. The van der Waals surface area contributed by atoms with Gasteiger partial charge in [0.25, 0.3) is 0 Å². The molecule has 1 atom stereocenters. The number of piperidine rings is 1. The number of nitrogens with zero attached hydrogens (tertiary/aromatic N) is 2. The van der Waals surface area contributed by atoms with Crippen LogP contribution in [0, 0.1) is 13.8 Å². The lowest BCUT2D eigenvalue weighted by Crippen LogP contribution is -2.42. The molecule has 2 rings (SSSR count). The number of hydrogen-bond acceptors (Lipinski definition) is 4. The van der Waals surface area contributed by atoms with Crippen LogP contribution in [-0.2, 0) is 4.79 Å². The molecule has 2 heterocycles. The molecule has 1 saturated heterocycles. The van der Waals surface area contributed by atoms with Gasteiger partial charge in [0, 0.05) is 24.6 Å². The molecule has 17 heavy (non-hydrogen) atoms. The molecule has 2 N–H and O–H groups in total. The summed E-state index contributed by atoms with van der Waals surface area (Å²) in [6.45, 7) is 4.31. The molecular weight excluding hydrogens is 240 g/mol. The highest BCUT2D eigenvalue weighted by Crippen LogP contribution is 2.21. The molecule has 1 fully saturated rings. The van der Waals surface area contributed by atoms with Crippen molar-refractivity contribution in [1.82, 2.24) is 15.3 Å². The summed E-state index contributed by atoms with van der Waals surface area (Å²) in [5.41, 5.74) is 0.842. The van der Waals surface area contributed by atoms with Gasteiger partial charge in [-0.05, 0) is 20.3 Å². The molecule has 6 heteroatoms. The Labute approximate surface area is 105 Å². The van der Waals surface area contributed by atoms with Crippen molar-refractivity contribution in [2.75, 3.05) is 11.9 Å². The Morgan fingerprint density at radius 3 is 2.82 bits per heavy atom. The quantitative estimate of drug-likeness (QED) is 0.784. The van der Waals surface area contributed by atoms with Crippen LogP contribution < -0.4 is 10.6 Å². The number of aryl methyl sites for hydroxylation is 1. The maximum atomic E-state index is 11.1. The van der Waals surface area contributed by atoms with Gasteiger partial charge >= 0.3 is 0 Å².